The molecule has 1 aromatic heterocycles. The summed E-state index contributed by atoms with van der Waals surface area (Å²) in [5.74, 6) is -1.51. The van der Waals surface area contributed by atoms with Gasteiger partial charge in [0, 0.05) is 16.4 Å². The largest absolute Gasteiger partial charge is 0.444 e. The van der Waals surface area contributed by atoms with Crippen LogP contribution in [0.1, 0.15) is 61.6 Å². The number of amides is 1. The van der Waals surface area contributed by atoms with E-state index in [1.807, 2.05) is 0 Å². The molecule has 2 N–H and O–H groups in total. The lowest BCUT2D eigenvalue weighted by atomic mass is 9.97. The van der Waals surface area contributed by atoms with Crippen LogP contribution in [0.25, 0.3) is 0 Å². The van der Waals surface area contributed by atoms with Crippen LogP contribution < -0.4 is 10.0 Å². The zero-order valence-corrected chi connectivity index (χ0v) is 16.9. The van der Waals surface area contributed by atoms with E-state index in [0.29, 0.717) is 11.2 Å². The van der Waals surface area contributed by atoms with Gasteiger partial charge in [-0.1, -0.05) is 24.6 Å². The fraction of sp³-hybridized carbons (Fsp3) is 0.350. The molecule has 0 unspecified atom stereocenters. The third-order valence-corrected chi connectivity index (χ3v) is 4.19. The summed E-state index contributed by atoms with van der Waals surface area (Å²) in [6, 6.07) is 5.01. The van der Waals surface area contributed by atoms with Crippen LogP contribution in [0.4, 0.5) is 9.18 Å². The number of carbonyl (C=O) groups is 2. The monoisotopic (exact) mass is 409 g/mol. The van der Waals surface area contributed by atoms with E-state index in [2.05, 4.69) is 5.32 Å². The Bertz CT molecular complexity index is 896. The van der Waals surface area contributed by atoms with E-state index in [9.17, 15) is 14.8 Å². The van der Waals surface area contributed by atoms with Gasteiger partial charge in [0.15, 0.2) is 0 Å². The molecule has 1 atom stereocenters. The van der Waals surface area contributed by atoms with Gasteiger partial charge in [0.05, 0.1) is 22.2 Å². The fourth-order valence-electron chi connectivity index (χ4n) is 2.64. The molecule has 1 heterocycles. The van der Waals surface area contributed by atoms with Gasteiger partial charge in [-0.25, -0.2) is 9.18 Å². The molecule has 28 heavy (non-hydrogen) atoms. The Labute approximate surface area is 167 Å². The maximum absolute atomic E-state index is 15.2. The Balaban J connectivity index is 2.40. The number of benzene rings is 1. The van der Waals surface area contributed by atoms with E-state index in [1.54, 1.807) is 27.7 Å². The van der Waals surface area contributed by atoms with Crippen LogP contribution in [-0.2, 0) is 4.74 Å². The second-order valence-corrected chi connectivity index (χ2v) is 7.64. The van der Waals surface area contributed by atoms with Crippen LogP contribution in [0.5, 0.6) is 0 Å². The molecule has 0 bridgehead atoms. The molecule has 0 saturated carbocycles. The summed E-state index contributed by atoms with van der Waals surface area (Å²) in [4.78, 5) is 24.8. The van der Waals surface area contributed by atoms with Gasteiger partial charge in [-0.2, -0.15) is 0 Å². The molecule has 0 saturated heterocycles. The number of hydrogen-bond donors (Lipinski definition) is 2. The average molecular weight is 410 g/mol. The Morgan fingerprint density at radius 3 is 2.57 bits per heavy atom. The number of nitrogens with one attached hydrogen (secondary N) is 1. The molecule has 150 valence electrons. The summed E-state index contributed by atoms with van der Waals surface area (Å²) >= 11 is 6.08. The van der Waals surface area contributed by atoms with E-state index in [0.717, 1.165) is 6.20 Å². The summed E-state index contributed by atoms with van der Waals surface area (Å²) in [5, 5.41) is 12.0. The second kappa shape index (κ2) is 8.56. The fourth-order valence-corrected chi connectivity index (χ4v) is 2.87. The lowest BCUT2D eigenvalue weighted by molar-refractivity contribution is -0.904. The number of ether oxygens (including phenoxy) is 1. The minimum atomic E-state index is -0.825. The average Bonchev–Trinajstić information content (AvgIpc) is 2.58. The number of hydrogen-bond acceptors (Lipinski definition) is 4. The number of alkyl carbamates (subject to hydrolysis) is 1. The maximum Gasteiger partial charge on any atom is 0.408 e. The first-order valence-corrected chi connectivity index (χ1v) is 9.14. The molecule has 0 aliphatic carbocycles. The highest BCUT2D eigenvalue weighted by molar-refractivity contribution is 6.35. The zero-order chi connectivity index (χ0) is 21.1. The molecule has 0 aliphatic rings. The highest BCUT2D eigenvalue weighted by Gasteiger charge is 2.27. The molecule has 0 spiro atoms. The van der Waals surface area contributed by atoms with Crippen molar-refractivity contribution in [1.82, 2.24) is 5.32 Å². The first-order valence-electron chi connectivity index (χ1n) is 8.76. The first kappa shape index (κ1) is 21.6. The number of aromatic nitrogens is 1. The van der Waals surface area contributed by atoms with Crippen LogP contribution in [-0.4, -0.2) is 22.7 Å². The van der Waals surface area contributed by atoms with Crippen LogP contribution in [0.2, 0.25) is 5.02 Å². The number of ketones is 1. The summed E-state index contributed by atoms with van der Waals surface area (Å²) in [5.41, 5.74) is -0.838. The predicted octanol–water partition coefficient (Wildman–Crippen LogP) is 4.21. The Hall–Kier alpha value is -2.67. The molecule has 1 aromatic carbocycles. The van der Waals surface area contributed by atoms with Crippen LogP contribution in [0.3, 0.4) is 0 Å². The lowest BCUT2D eigenvalue weighted by Crippen LogP contribution is -2.35. The molecular weight excluding hydrogens is 387 g/mol. The van der Waals surface area contributed by atoms with Crippen molar-refractivity contribution in [3.63, 3.8) is 0 Å². The molecular formula is C20H23ClFN2O4+. The topological polar surface area (TPSA) is 79.5 Å². The normalized spacial score (nSPS) is 12.4. The summed E-state index contributed by atoms with van der Waals surface area (Å²) in [6.45, 7) is 6.94. The molecule has 0 fully saturated rings. The summed E-state index contributed by atoms with van der Waals surface area (Å²) in [7, 11) is 0. The van der Waals surface area contributed by atoms with Gasteiger partial charge >= 0.3 is 6.09 Å². The minimum absolute atomic E-state index is 0.0632. The standard InChI is InChI=1S/C20H22ClFN2O4/c1-5-15(23-19(26)28-20(2,3)4)13-8-9-14(21)16(17(13)22)18(25)12-7-6-10-24(27)11-12/h6-11,15H,5H2,1-4H3,(H-,23,26,27)/p+1/t15-/m1/s1. The second-order valence-electron chi connectivity index (χ2n) is 7.23. The van der Waals surface area contributed by atoms with Gasteiger partial charge in [-0.15, -0.1) is 0 Å². The number of carbonyl (C=O) groups excluding carboxylic acids is 2. The van der Waals surface area contributed by atoms with Gasteiger partial charge in [0.25, 0.3) is 0 Å². The molecule has 2 rings (SSSR count). The van der Waals surface area contributed by atoms with Gasteiger partial charge in [0.2, 0.25) is 18.2 Å². The lowest BCUT2D eigenvalue weighted by Gasteiger charge is -2.24. The van der Waals surface area contributed by atoms with E-state index in [1.165, 1.54) is 30.5 Å². The van der Waals surface area contributed by atoms with Gasteiger partial charge in [0.1, 0.15) is 11.4 Å². The molecule has 6 nitrogen and oxygen atoms in total. The summed E-state index contributed by atoms with van der Waals surface area (Å²) < 4.78 is 21.1. The van der Waals surface area contributed by atoms with E-state index >= 15 is 4.39 Å². The number of pyridine rings is 1. The van der Waals surface area contributed by atoms with E-state index < -0.39 is 29.3 Å². The molecule has 0 radical (unpaired) electrons. The van der Waals surface area contributed by atoms with Gasteiger partial charge < -0.3 is 10.1 Å². The number of halogens is 2. The van der Waals surface area contributed by atoms with Crippen molar-refractivity contribution in [2.75, 3.05) is 0 Å². The van der Waals surface area contributed by atoms with Gasteiger partial charge in [-0.3, -0.25) is 10.0 Å². The molecule has 1 amide bonds. The number of rotatable bonds is 5. The predicted molar refractivity (Wildman–Crippen MR) is 101 cm³/mol. The maximum atomic E-state index is 15.2. The molecule has 2 aromatic rings. The minimum Gasteiger partial charge on any atom is -0.444 e. The Morgan fingerprint density at radius 1 is 1.32 bits per heavy atom. The smallest absolute Gasteiger partial charge is 0.408 e. The SMILES string of the molecule is CC[C@@H](NC(=O)OC(C)(C)C)c1ccc(Cl)c(C(=O)c2ccc[n+](O)c2)c1F. The Kier molecular flexibility index (Phi) is 6.61. The van der Waals surface area contributed by atoms with Gasteiger partial charge in [-0.05, 0) is 39.3 Å². The highest BCUT2D eigenvalue weighted by Crippen LogP contribution is 2.29. The molecule has 8 heteroatoms. The van der Waals surface area contributed by atoms with Crippen LogP contribution in [0, 0.1) is 5.82 Å². The van der Waals surface area contributed by atoms with Crippen LogP contribution >= 0.6 is 11.6 Å². The quantitative estimate of drug-likeness (QED) is 0.440. The summed E-state index contributed by atoms with van der Waals surface area (Å²) in [6.07, 6.45) is 2.16. The highest BCUT2D eigenvalue weighted by atomic mass is 35.5. The van der Waals surface area contributed by atoms with Crippen molar-refractivity contribution in [3.05, 3.63) is 64.2 Å². The van der Waals surface area contributed by atoms with Crippen molar-refractivity contribution in [2.24, 2.45) is 0 Å². The van der Waals surface area contributed by atoms with Crippen molar-refractivity contribution < 1.29 is 28.7 Å². The first-order chi connectivity index (χ1) is 13.0. The van der Waals surface area contributed by atoms with Crippen molar-refractivity contribution in [3.8, 4) is 0 Å². The zero-order valence-electron chi connectivity index (χ0n) is 16.1. The van der Waals surface area contributed by atoms with E-state index in [-0.39, 0.29) is 21.7 Å². The number of nitrogens with zero attached hydrogens (tertiary/aromatic N) is 1. The van der Waals surface area contributed by atoms with Crippen LogP contribution in [0.15, 0.2) is 36.7 Å². The molecule has 0 aliphatic heterocycles. The van der Waals surface area contributed by atoms with Crippen molar-refractivity contribution >= 4 is 23.5 Å². The third kappa shape index (κ3) is 5.19. The van der Waals surface area contributed by atoms with E-state index in [4.69, 9.17) is 16.3 Å². The van der Waals surface area contributed by atoms with Crippen molar-refractivity contribution in [1.29, 1.82) is 0 Å². The van der Waals surface area contributed by atoms with Crippen molar-refractivity contribution in [2.45, 2.75) is 45.8 Å². The Morgan fingerprint density at radius 2 is 2.00 bits per heavy atom. The third-order valence-electron chi connectivity index (χ3n) is 3.87.